The van der Waals surface area contributed by atoms with E-state index in [1.165, 1.54) is 12.1 Å². The zero-order chi connectivity index (χ0) is 15.2. The zero-order valence-corrected chi connectivity index (χ0v) is 12.1. The van der Waals surface area contributed by atoms with Gasteiger partial charge in [0.25, 0.3) is 5.91 Å². The van der Waals surface area contributed by atoms with Crippen molar-refractivity contribution in [1.29, 1.82) is 0 Å². The fourth-order valence-corrected chi connectivity index (χ4v) is 2.56. The van der Waals surface area contributed by atoms with E-state index in [0.29, 0.717) is 11.4 Å². The number of carbonyl (C=O) groups is 1. The van der Waals surface area contributed by atoms with E-state index in [9.17, 15) is 14.9 Å². The number of methoxy groups -OCH3 is 1. The van der Waals surface area contributed by atoms with E-state index < -0.39 is 4.92 Å². The van der Waals surface area contributed by atoms with E-state index in [-0.39, 0.29) is 17.0 Å². The molecule has 0 aliphatic heterocycles. The van der Waals surface area contributed by atoms with Crippen molar-refractivity contribution >= 4 is 22.2 Å². The molecular weight excluding hydrogens is 292 g/mol. The van der Waals surface area contributed by atoms with Gasteiger partial charge in [0.1, 0.15) is 0 Å². The lowest BCUT2D eigenvalue weighted by atomic mass is 10.1. The van der Waals surface area contributed by atoms with Gasteiger partial charge in [-0.3, -0.25) is 14.9 Å². The first-order valence-corrected chi connectivity index (χ1v) is 7.03. The van der Waals surface area contributed by atoms with Crippen LogP contribution in [0.5, 0.6) is 0 Å². The molecule has 0 saturated heterocycles. The number of benzene rings is 1. The minimum Gasteiger partial charge on any atom is -0.375 e. The van der Waals surface area contributed by atoms with E-state index in [0.717, 1.165) is 16.9 Å². The first-order chi connectivity index (χ1) is 10.1. The lowest BCUT2D eigenvalue weighted by Crippen LogP contribution is -2.28. The lowest BCUT2D eigenvalue weighted by Gasteiger charge is -2.16. The average molecular weight is 306 g/mol. The van der Waals surface area contributed by atoms with E-state index in [4.69, 9.17) is 4.74 Å². The van der Waals surface area contributed by atoms with Crippen molar-refractivity contribution in [3.05, 3.63) is 63.0 Å². The molecular formula is C14H14N2O4S. The highest BCUT2D eigenvalue weighted by Crippen LogP contribution is 2.24. The van der Waals surface area contributed by atoms with Crippen LogP contribution in [0, 0.1) is 10.1 Å². The molecule has 1 heterocycles. The molecule has 1 unspecified atom stereocenters. The molecule has 1 aromatic heterocycles. The third-order valence-electron chi connectivity index (χ3n) is 2.90. The summed E-state index contributed by atoms with van der Waals surface area (Å²) in [5.74, 6) is -0.342. The molecule has 7 heteroatoms. The van der Waals surface area contributed by atoms with Crippen molar-refractivity contribution in [2.45, 2.75) is 6.10 Å². The molecule has 0 aliphatic rings. The molecule has 1 atom stereocenters. The number of rotatable bonds is 6. The van der Waals surface area contributed by atoms with Crippen LogP contribution in [-0.2, 0) is 4.74 Å². The van der Waals surface area contributed by atoms with Crippen LogP contribution in [-0.4, -0.2) is 24.5 Å². The summed E-state index contributed by atoms with van der Waals surface area (Å²) in [6.45, 7) is 0.297. The monoisotopic (exact) mass is 306 g/mol. The van der Waals surface area contributed by atoms with Crippen LogP contribution in [0.3, 0.4) is 0 Å². The second kappa shape index (κ2) is 6.96. The van der Waals surface area contributed by atoms with E-state index in [1.54, 1.807) is 7.11 Å². The van der Waals surface area contributed by atoms with Crippen molar-refractivity contribution in [2.24, 2.45) is 0 Å². The van der Waals surface area contributed by atoms with Gasteiger partial charge in [-0.15, -0.1) is 0 Å². The number of hydrogen-bond donors (Lipinski definition) is 1. The predicted octanol–water partition coefficient (Wildman–Crippen LogP) is 2.77. The third-order valence-corrected chi connectivity index (χ3v) is 3.94. The number of carbonyl (C=O) groups excluding carboxylic acids is 1. The first-order valence-electron chi connectivity index (χ1n) is 6.22. The molecule has 0 spiro atoms. The summed E-state index contributed by atoms with van der Waals surface area (Å²) in [6, 6.07) is 12.3. The average Bonchev–Trinajstić information content (AvgIpc) is 2.99. The number of hydrogen-bond acceptors (Lipinski definition) is 5. The van der Waals surface area contributed by atoms with Gasteiger partial charge in [-0.2, -0.15) is 0 Å². The van der Waals surface area contributed by atoms with Crippen molar-refractivity contribution in [3.63, 3.8) is 0 Å². The maximum Gasteiger partial charge on any atom is 0.324 e. The summed E-state index contributed by atoms with van der Waals surface area (Å²) in [4.78, 5) is 22.4. The van der Waals surface area contributed by atoms with E-state index in [1.807, 2.05) is 30.3 Å². The van der Waals surface area contributed by atoms with Crippen LogP contribution in [0.2, 0.25) is 0 Å². The minimum atomic E-state index is -0.511. The van der Waals surface area contributed by atoms with Crippen molar-refractivity contribution < 1.29 is 14.5 Å². The number of thiophene rings is 1. The smallest absolute Gasteiger partial charge is 0.324 e. The summed E-state index contributed by atoms with van der Waals surface area (Å²) < 4.78 is 5.35. The molecule has 0 bridgehead atoms. The molecule has 2 rings (SSSR count). The van der Waals surface area contributed by atoms with Gasteiger partial charge >= 0.3 is 5.00 Å². The number of ether oxygens (including phenoxy) is 1. The topological polar surface area (TPSA) is 81.5 Å². The SMILES string of the molecule is COC(CNC(=O)c1ccc([N+](=O)[O-])s1)c1ccccc1. The van der Waals surface area contributed by atoms with Crippen molar-refractivity contribution in [2.75, 3.05) is 13.7 Å². The molecule has 0 radical (unpaired) electrons. The third kappa shape index (κ3) is 3.87. The Bertz CT molecular complexity index is 627. The number of nitrogens with zero attached hydrogens (tertiary/aromatic N) is 1. The number of nitro groups is 1. The van der Waals surface area contributed by atoms with Crippen LogP contribution in [0.4, 0.5) is 5.00 Å². The summed E-state index contributed by atoms with van der Waals surface area (Å²) in [5, 5.41) is 13.3. The quantitative estimate of drug-likeness (QED) is 0.657. The Kier molecular flexibility index (Phi) is 5.02. The molecule has 1 amide bonds. The Labute approximate surface area is 125 Å². The molecule has 21 heavy (non-hydrogen) atoms. The Hall–Kier alpha value is -2.25. The lowest BCUT2D eigenvalue weighted by molar-refractivity contribution is -0.380. The van der Waals surface area contributed by atoms with Gasteiger partial charge in [-0.25, -0.2) is 0 Å². The molecule has 0 fully saturated rings. The highest BCUT2D eigenvalue weighted by atomic mass is 32.1. The van der Waals surface area contributed by atoms with Gasteiger partial charge in [0, 0.05) is 19.7 Å². The highest BCUT2D eigenvalue weighted by Gasteiger charge is 2.17. The van der Waals surface area contributed by atoms with Gasteiger partial charge in [-0.05, 0) is 11.6 Å². The highest BCUT2D eigenvalue weighted by molar-refractivity contribution is 7.17. The Morgan fingerprint density at radius 2 is 2.05 bits per heavy atom. The van der Waals surface area contributed by atoms with Crippen LogP contribution in [0.15, 0.2) is 42.5 Å². The van der Waals surface area contributed by atoms with E-state index in [2.05, 4.69) is 5.32 Å². The van der Waals surface area contributed by atoms with Crippen LogP contribution < -0.4 is 5.32 Å². The maximum atomic E-state index is 12.0. The van der Waals surface area contributed by atoms with Crippen molar-refractivity contribution in [3.8, 4) is 0 Å². The van der Waals surface area contributed by atoms with E-state index >= 15 is 0 Å². The molecule has 6 nitrogen and oxygen atoms in total. The Morgan fingerprint density at radius 3 is 2.62 bits per heavy atom. The maximum absolute atomic E-state index is 12.0. The Balaban J connectivity index is 1.97. The largest absolute Gasteiger partial charge is 0.375 e. The molecule has 110 valence electrons. The molecule has 1 aromatic carbocycles. The molecule has 1 N–H and O–H groups in total. The summed E-state index contributed by atoms with van der Waals surface area (Å²) in [6.07, 6.45) is -0.259. The number of nitrogens with one attached hydrogen (secondary N) is 1. The Morgan fingerprint density at radius 1 is 1.33 bits per heavy atom. The summed E-state index contributed by atoms with van der Waals surface area (Å²) >= 11 is 0.852. The van der Waals surface area contributed by atoms with Gasteiger partial charge in [-0.1, -0.05) is 41.7 Å². The predicted molar refractivity (Wildman–Crippen MR) is 79.5 cm³/mol. The van der Waals surface area contributed by atoms with Crippen molar-refractivity contribution in [1.82, 2.24) is 5.32 Å². The second-order valence-electron chi connectivity index (χ2n) is 4.24. The van der Waals surface area contributed by atoms with Gasteiger partial charge in [0.2, 0.25) is 0 Å². The minimum absolute atomic E-state index is 0.0495. The first kappa shape index (κ1) is 15.1. The second-order valence-corrected chi connectivity index (χ2v) is 5.30. The standard InChI is InChI=1S/C14H14N2O4S/c1-20-11(10-5-3-2-4-6-10)9-15-14(17)12-7-8-13(21-12)16(18)19/h2-8,11H,9H2,1H3,(H,15,17). The van der Waals surface area contributed by atoms with Crippen LogP contribution in [0.1, 0.15) is 21.3 Å². The fraction of sp³-hybridized carbons (Fsp3) is 0.214. The zero-order valence-electron chi connectivity index (χ0n) is 11.3. The summed E-state index contributed by atoms with van der Waals surface area (Å²) in [7, 11) is 1.57. The van der Waals surface area contributed by atoms with Gasteiger partial charge < -0.3 is 10.1 Å². The fourth-order valence-electron chi connectivity index (χ4n) is 1.83. The molecule has 2 aromatic rings. The molecule has 0 aliphatic carbocycles. The van der Waals surface area contributed by atoms with Gasteiger partial charge in [0.05, 0.1) is 15.9 Å². The van der Waals surface area contributed by atoms with Crippen LogP contribution >= 0.6 is 11.3 Å². The summed E-state index contributed by atoms with van der Waals surface area (Å²) in [5.41, 5.74) is 0.956. The number of amides is 1. The molecule has 0 saturated carbocycles. The van der Waals surface area contributed by atoms with Gasteiger partial charge in [0.15, 0.2) is 0 Å². The normalized spacial score (nSPS) is 11.9. The van der Waals surface area contributed by atoms with Crippen LogP contribution in [0.25, 0.3) is 0 Å².